The van der Waals surface area contributed by atoms with E-state index in [1.807, 2.05) is 0 Å². The number of carbonyl (C=O) groups is 2. The molecule has 2 rings (SSSR count). The van der Waals surface area contributed by atoms with Crippen molar-refractivity contribution in [2.45, 2.75) is 0 Å². The summed E-state index contributed by atoms with van der Waals surface area (Å²) in [6, 6.07) is 6.71. The molecule has 0 aliphatic rings. The number of fused-ring (bicyclic) bond motifs is 1. The van der Waals surface area contributed by atoms with Gasteiger partial charge >= 0.3 is 0 Å². The number of carbonyl (C=O) groups excluding carboxylic acids is 2. The minimum absolute atomic E-state index is 0.563. The van der Waals surface area contributed by atoms with Crippen molar-refractivity contribution >= 4 is 23.5 Å². The predicted octanol–water partition coefficient (Wildman–Crippen LogP) is 1.86. The Morgan fingerprint density at radius 1 is 1.07 bits per heavy atom. The fourth-order valence-electron chi connectivity index (χ4n) is 1.36. The van der Waals surface area contributed by atoms with Gasteiger partial charge < -0.3 is 0 Å². The van der Waals surface area contributed by atoms with Crippen molar-refractivity contribution in [3.8, 4) is 0 Å². The second-order valence-corrected chi connectivity index (χ2v) is 2.91. The smallest absolute Gasteiger partial charge is 0.150 e. The highest BCUT2D eigenvalue weighted by molar-refractivity contribution is 5.97. The Bertz CT molecular complexity index is 506. The molecule has 2 aromatic rings. The van der Waals surface area contributed by atoms with Crippen molar-refractivity contribution in [2.75, 3.05) is 0 Å². The van der Waals surface area contributed by atoms with Gasteiger partial charge in [-0.3, -0.25) is 14.6 Å². The predicted molar refractivity (Wildman–Crippen MR) is 52.5 cm³/mol. The van der Waals surface area contributed by atoms with E-state index in [4.69, 9.17) is 0 Å². The molecule has 14 heavy (non-hydrogen) atoms. The van der Waals surface area contributed by atoms with Crippen LogP contribution in [0.15, 0.2) is 30.5 Å². The highest BCUT2D eigenvalue weighted by Crippen LogP contribution is 2.15. The van der Waals surface area contributed by atoms with E-state index in [0.29, 0.717) is 16.6 Å². The zero-order valence-electron chi connectivity index (χ0n) is 7.31. The number of rotatable bonds is 2. The normalized spacial score (nSPS) is 10.0. The summed E-state index contributed by atoms with van der Waals surface area (Å²) in [5, 5.41) is 0.771. The van der Waals surface area contributed by atoms with Gasteiger partial charge in [-0.15, -0.1) is 0 Å². The van der Waals surface area contributed by atoms with Gasteiger partial charge in [-0.1, -0.05) is 12.1 Å². The van der Waals surface area contributed by atoms with Crippen LogP contribution in [0.4, 0.5) is 0 Å². The summed E-state index contributed by atoms with van der Waals surface area (Å²) in [5.74, 6) is 0. The molecule has 0 radical (unpaired) electrons. The number of benzene rings is 1. The molecular weight excluding hydrogens is 178 g/mol. The van der Waals surface area contributed by atoms with Crippen molar-refractivity contribution < 1.29 is 9.59 Å². The van der Waals surface area contributed by atoms with Crippen LogP contribution in [0.2, 0.25) is 0 Å². The van der Waals surface area contributed by atoms with Crippen LogP contribution in [-0.4, -0.2) is 17.6 Å². The first-order chi connectivity index (χ1) is 6.85. The highest BCUT2D eigenvalue weighted by atomic mass is 16.1. The lowest BCUT2D eigenvalue weighted by Crippen LogP contribution is -1.88. The zero-order valence-corrected chi connectivity index (χ0v) is 7.31. The fraction of sp³-hybridized carbons (Fsp3) is 0. The van der Waals surface area contributed by atoms with Crippen LogP contribution < -0.4 is 0 Å². The van der Waals surface area contributed by atoms with Gasteiger partial charge in [-0.25, -0.2) is 0 Å². The lowest BCUT2D eigenvalue weighted by molar-refractivity contribution is 0.111. The second-order valence-electron chi connectivity index (χ2n) is 2.91. The maximum absolute atomic E-state index is 10.7. The van der Waals surface area contributed by atoms with Crippen molar-refractivity contribution in [1.29, 1.82) is 0 Å². The SMILES string of the molecule is O=Cc1ccc2c(C=O)ccnc2c1. The van der Waals surface area contributed by atoms with Gasteiger partial charge in [0.05, 0.1) is 5.52 Å². The Balaban J connectivity index is 2.79. The topological polar surface area (TPSA) is 47.0 Å². The molecule has 3 heteroatoms. The first-order valence-electron chi connectivity index (χ1n) is 4.14. The number of hydrogen-bond donors (Lipinski definition) is 0. The third-order valence-electron chi connectivity index (χ3n) is 2.06. The van der Waals surface area contributed by atoms with E-state index in [1.54, 1.807) is 30.5 Å². The molecule has 0 amide bonds. The Kier molecular flexibility index (Phi) is 2.07. The average Bonchev–Trinajstić information content (AvgIpc) is 2.27. The van der Waals surface area contributed by atoms with Crippen LogP contribution >= 0.6 is 0 Å². The molecule has 0 N–H and O–H groups in total. The van der Waals surface area contributed by atoms with Gasteiger partial charge in [0, 0.05) is 22.7 Å². The number of aromatic nitrogens is 1. The van der Waals surface area contributed by atoms with Crippen LogP contribution in [0, 0.1) is 0 Å². The summed E-state index contributed by atoms with van der Waals surface area (Å²) in [6.07, 6.45) is 3.10. The third kappa shape index (κ3) is 1.29. The molecule has 0 saturated heterocycles. The first-order valence-corrected chi connectivity index (χ1v) is 4.14. The van der Waals surface area contributed by atoms with Gasteiger partial charge in [0.2, 0.25) is 0 Å². The van der Waals surface area contributed by atoms with Crippen molar-refractivity contribution in [3.63, 3.8) is 0 Å². The molecule has 68 valence electrons. The van der Waals surface area contributed by atoms with E-state index >= 15 is 0 Å². The van der Waals surface area contributed by atoms with Gasteiger partial charge in [-0.2, -0.15) is 0 Å². The van der Waals surface area contributed by atoms with Crippen LogP contribution in [0.1, 0.15) is 20.7 Å². The molecule has 0 unspecified atom stereocenters. The van der Waals surface area contributed by atoms with Gasteiger partial charge in [0.25, 0.3) is 0 Å². The molecule has 1 aromatic carbocycles. The monoisotopic (exact) mass is 185 g/mol. The summed E-state index contributed by atoms with van der Waals surface area (Å²) in [5.41, 5.74) is 1.82. The summed E-state index contributed by atoms with van der Waals surface area (Å²) in [6.45, 7) is 0. The van der Waals surface area contributed by atoms with Crippen molar-refractivity contribution in [3.05, 3.63) is 41.6 Å². The van der Waals surface area contributed by atoms with Crippen LogP contribution in [0.5, 0.6) is 0 Å². The van der Waals surface area contributed by atoms with E-state index in [0.717, 1.165) is 18.0 Å². The minimum Gasteiger partial charge on any atom is -0.298 e. The fourth-order valence-corrected chi connectivity index (χ4v) is 1.36. The lowest BCUT2D eigenvalue weighted by Gasteiger charge is -1.99. The Morgan fingerprint density at radius 2 is 1.93 bits per heavy atom. The summed E-state index contributed by atoms with van der Waals surface area (Å²) in [7, 11) is 0. The molecule has 0 bridgehead atoms. The van der Waals surface area contributed by atoms with Gasteiger partial charge in [-0.05, 0) is 12.1 Å². The van der Waals surface area contributed by atoms with Crippen molar-refractivity contribution in [2.24, 2.45) is 0 Å². The van der Waals surface area contributed by atoms with E-state index in [2.05, 4.69) is 4.98 Å². The summed E-state index contributed by atoms with van der Waals surface area (Å²) >= 11 is 0. The molecular formula is C11H7NO2. The number of hydrogen-bond acceptors (Lipinski definition) is 3. The number of nitrogens with zero attached hydrogens (tertiary/aromatic N) is 1. The molecule has 0 spiro atoms. The molecule has 0 fully saturated rings. The molecule has 0 aliphatic heterocycles. The maximum Gasteiger partial charge on any atom is 0.150 e. The Labute approximate surface area is 80.4 Å². The number of pyridine rings is 1. The highest BCUT2D eigenvalue weighted by Gasteiger charge is 2.01. The molecule has 1 aromatic heterocycles. The molecule has 0 saturated carbocycles. The Morgan fingerprint density at radius 3 is 2.64 bits per heavy atom. The van der Waals surface area contributed by atoms with E-state index in [-0.39, 0.29) is 0 Å². The standard InChI is InChI=1S/C11H7NO2/c13-6-8-1-2-10-9(7-14)3-4-12-11(10)5-8/h1-7H. The quantitative estimate of drug-likeness (QED) is 0.671. The summed E-state index contributed by atoms with van der Waals surface area (Å²) in [4.78, 5) is 25.3. The van der Waals surface area contributed by atoms with Gasteiger partial charge in [0.15, 0.2) is 6.29 Å². The largest absolute Gasteiger partial charge is 0.298 e. The maximum atomic E-state index is 10.7. The molecule has 1 heterocycles. The lowest BCUT2D eigenvalue weighted by atomic mass is 10.1. The van der Waals surface area contributed by atoms with Crippen molar-refractivity contribution in [1.82, 2.24) is 4.98 Å². The summed E-state index contributed by atoms with van der Waals surface area (Å²) < 4.78 is 0. The van der Waals surface area contributed by atoms with Crippen LogP contribution in [0.3, 0.4) is 0 Å². The first kappa shape index (κ1) is 8.56. The molecule has 0 atom stereocenters. The minimum atomic E-state index is 0.563. The average molecular weight is 185 g/mol. The number of aldehydes is 2. The Hall–Kier alpha value is -2.03. The second kappa shape index (κ2) is 3.38. The van der Waals surface area contributed by atoms with E-state index in [1.165, 1.54) is 0 Å². The van der Waals surface area contributed by atoms with Crippen LogP contribution in [0.25, 0.3) is 10.9 Å². The molecule has 0 aliphatic carbocycles. The van der Waals surface area contributed by atoms with Crippen LogP contribution in [-0.2, 0) is 0 Å². The van der Waals surface area contributed by atoms with Gasteiger partial charge in [0.1, 0.15) is 6.29 Å². The zero-order chi connectivity index (χ0) is 9.97. The van der Waals surface area contributed by atoms with E-state index < -0.39 is 0 Å². The molecule has 3 nitrogen and oxygen atoms in total. The van der Waals surface area contributed by atoms with E-state index in [9.17, 15) is 9.59 Å². The third-order valence-corrected chi connectivity index (χ3v) is 2.06.